The lowest BCUT2D eigenvalue weighted by Crippen LogP contribution is -2.03. The summed E-state index contributed by atoms with van der Waals surface area (Å²) in [4.78, 5) is 3.87. The van der Waals surface area contributed by atoms with Gasteiger partial charge in [0.2, 0.25) is 5.95 Å². The molecule has 1 aromatic heterocycles. The molecule has 0 bridgehead atoms. The van der Waals surface area contributed by atoms with Gasteiger partial charge in [-0.2, -0.15) is 14.8 Å². The molecule has 0 fully saturated rings. The topological polar surface area (TPSA) is 56.7 Å². The summed E-state index contributed by atoms with van der Waals surface area (Å²) in [6, 6.07) is 5.91. The van der Waals surface area contributed by atoms with E-state index in [0.29, 0.717) is 5.95 Å². The number of hydrogen-bond acceptors (Lipinski definition) is 3. The number of halogens is 1. The second-order valence-corrected chi connectivity index (χ2v) is 3.88. The number of anilines is 1. The van der Waals surface area contributed by atoms with Gasteiger partial charge in [-0.05, 0) is 30.7 Å². The van der Waals surface area contributed by atoms with Crippen LogP contribution in [0.5, 0.6) is 0 Å². The zero-order valence-corrected chi connectivity index (χ0v) is 9.19. The number of nitrogens with zero attached hydrogens (tertiary/aromatic N) is 3. The van der Waals surface area contributed by atoms with Crippen molar-refractivity contribution in [3.63, 3.8) is 0 Å². The SMILES string of the molecule is Cc1cc(Br)ccc1-n1ncnc1N. The van der Waals surface area contributed by atoms with Gasteiger partial charge in [-0.25, -0.2) is 0 Å². The fourth-order valence-corrected chi connectivity index (χ4v) is 1.77. The highest BCUT2D eigenvalue weighted by atomic mass is 79.9. The number of nitrogen functional groups attached to an aromatic ring is 1. The average molecular weight is 253 g/mol. The summed E-state index contributed by atoms with van der Waals surface area (Å²) in [5.41, 5.74) is 7.70. The molecule has 5 heteroatoms. The van der Waals surface area contributed by atoms with Crippen LogP contribution in [0.4, 0.5) is 5.95 Å². The molecule has 0 aliphatic rings. The number of aromatic nitrogens is 3. The van der Waals surface area contributed by atoms with Crippen molar-refractivity contribution in [3.8, 4) is 5.69 Å². The van der Waals surface area contributed by atoms with Gasteiger partial charge >= 0.3 is 0 Å². The first-order valence-electron chi connectivity index (χ1n) is 4.10. The molecule has 2 N–H and O–H groups in total. The molecule has 1 aromatic carbocycles. The van der Waals surface area contributed by atoms with Crippen molar-refractivity contribution >= 4 is 21.9 Å². The first-order chi connectivity index (χ1) is 6.68. The Labute approximate surface area is 89.9 Å². The predicted molar refractivity (Wildman–Crippen MR) is 58.2 cm³/mol. The molecule has 2 aromatic rings. The van der Waals surface area contributed by atoms with Crippen molar-refractivity contribution < 1.29 is 0 Å². The molecular formula is C9H9BrN4. The molecule has 0 aliphatic carbocycles. The predicted octanol–water partition coefficient (Wildman–Crippen LogP) is 1.92. The van der Waals surface area contributed by atoms with Crippen LogP contribution in [0.25, 0.3) is 5.69 Å². The van der Waals surface area contributed by atoms with Crippen molar-refractivity contribution in [3.05, 3.63) is 34.6 Å². The Morgan fingerprint density at radius 1 is 1.43 bits per heavy atom. The highest BCUT2D eigenvalue weighted by Crippen LogP contribution is 2.19. The maximum atomic E-state index is 5.66. The van der Waals surface area contributed by atoms with Gasteiger partial charge in [0.25, 0.3) is 0 Å². The Balaban J connectivity index is 2.58. The summed E-state index contributed by atoms with van der Waals surface area (Å²) in [7, 11) is 0. The molecule has 0 saturated carbocycles. The Kier molecular flexibility index (Phi) is 2.25. The van der Waals surface area contributed by atoms with Crippen LogP contribution >= 0.6 is 15.9 Å². The molecule has 4 nitrogen and oxygen atoms in total. The lowest BCUT2D eigenvalue weighted by atomic mass is 10.2. The van der Waals surface area contributed by atoms with E-state index in [4.69, 9.17) is 5.73 Å². The molecule has 0 aliphatic heterocycles. The van der Waals surface area contributed by atoms with Crippen LogP contribution in [0.15, 0.2) is 29.0 Å². The third-order valence-corrected chi connectivity index (χ3v) is 2.45. The van der Waals surface area contributed by atoms with Crippen LogP contribution in [0.3, 0.4) is 0 Å². The Morgan fingerprint density at radius 3 is 2.79 bits per heavy atom. The van der Waals surface area contributed by atoms with Gasteiger partial charge in [0.1, 0.15) is 6.33 Å². The largest absolute Gasteiger partial charge is 0.368 e. The summed E-state index contributed by atoms with van der Waals surface area (Å²) >= 11 is 3.40. The van der Waals surface area contributed by atoms with Crippen molar-refractivity contribution in [2.24, 2.45) is 0 Å². The van der Waals surface area contributed by atoms with Gasteiger partial charge in [-0.3, -0.25) is 0 Å². The second kappa shape index (κ2) is 3.42. The van der Waals surface area contributed by atoms with Gasteiger partial charge in [0, 0.05) is 4.47 Å². The Hall–Kier alpha value is -1.36. The molecule has 0 amide bonds. The van der Waals surface area contributed by atoms with E-state index >= 15 is 0 Å². The van der Waals surface area contributed by atoms with Crippen LogP contribution in [-0.4, -0.2) is 14.8 Å². The molecule has 14 heavy (non-hydrogen) atoms. The molecule has 0 saturated heterocycles. The van der Waals surface area contributed by atoms with Gasteiger partial charge in [-0.1, -0.05) is 15.9 Å². The van der Waals surface area contributed by atoms with E-state index in [1.807, 2.05) is 25.1 Å². The van der Waals surface area contributed by atoms with E-state index in [-0.39, 0.29) is 0 Å². The molecule has 0 unspecified atom stereocenters. The first-order valence-corrected chi connectivity index (χ1v) is 4.90. The first kappa shape index (κ1) is 9.21. The summed E-state index contributed by atoms with van der Waals surface area (Å²) in [5.74, 6) is 0.399. The minimum absolute atomic E-state index is 0.399. The molecule has 72 valence electrons. The lowest BCUT2D eigenvalue weighted by molar-refractivity contribution is 0.882. The summed E-state index contributed by atoms with van der Waals surface area (Å²) in [6.45, 7) is 2.00. The van der Waals surface area contributed by atoms with Crippen molar-refractivity contribution in [2.75, 3.05) is 5.73 Å². The third kappa shape index (κ3) is 1.50. The number of nitrogens with two attached hydrogens (primary N) is 1. The van der Waals surface area contributed by atoms with E-state index in [2.05, 4.69) is 26.0 Å². The number of benzene rings is 1. The smallest absolute Gasteiger partial charge is 0.223 e. The second-order valence-electron chi connectivity index (χ2n) is 2.96. The molecule has 1 heterocycles. The van der Waals surface area contributed by atoms with Gasteiger partial charge in [0.05, 0.1) is 5.69 Å². The highest BCUT2D eigenvalue weighted by molar-refractivity contribution is 9.10. The summed E-state index contributed by atoms with van der Waals surface area (Å²) in [5, 5.41) is 4.04. The molecular weight excluding hydrogens is 244 g/mol. The van der Waals surface area contributed by atoms with Crippen LogP contribution in [0.1, 0.15) is 5.56 Å². The van der Waals surface area contributed by atoms with Crippen molar-refractivity contribution in [1.29, 1.82) is 0 Å². The summed E-state index contributed by atoms with van der Waals surface area (Å²) < 4.78 is 2.65. The van der Waals surface area contributed by atoms with Crippen LogP contribution in [0.2, 0.25) is 0 Å². The number of rotatable bonds is 1. The maximum Gasteiger partial charge on any atom is 0.223 e. The highest BCUT2D eigenvalue weighted by Gasteiger charge is 2.05. The minimum Gasteiger partial charge on any atom is -0.368 e. The molecule has 0 atom stereocenters. The third-order valence-electron chi connectivity index (χ3n) is 1.96. The van der Waals surface area contributed by atoms with Gasteiger partial charge in [0.15, 0.2) is 0 Å². The summed E-state index contributed by atoms with van der Waals surface area (Å²) in [6.07, 6.45) is 1.44. The van der Waals surface area contributed by atoms with E-state index in [1.54, 1.807) is 4.68 Å². The standard InChI is InChI=1S/C9H9BrN4/c1-6-4-7(10)2-3-8(6)14-9(11)12-5-13-14/h2-5H,1H3,(H2,11,12,13). The fourth-order valence-electron chi connectivity index (χ4n) is 1.29. The van der Waals surface area contributed by atoms with E-state index in [0.717, 1.165) is 15.7 Å². The molecule has 2 rings (SSSR count). The van der Waals surface area contributed by atoms with E-state index in [1.165, 1.54) is 6.33 Å². The van der Waals surface area contributed by atoms with Crippen LogP contribution in [0, 0.1) is 6.92 Å². The van der Waals surface area contributed by atoms with E-state index in [9.17, 15) is 0 Å². The van der Waals surface area contributed by atoms with Gasteiger partial charge in [-0.15, -0.1) is 0 Å². The van der Waals surface area contributed by atoms with Crippen LogP contribution in [-0.2, 0) is 0 Å². The molecule has 0 radical (unpaired) electrons. The average Bonchev–Trinajstić information content (AvgIpc) is 2.52. The molecule has 0 spiro atoms. The maximum absolute atomic E-state index is 5.66. The van der Waals surface area contributed by atoms with Gasteiger partial charge < -0.3 is 5.73 Å². The zero-order valence-electron chi connectivity index (χ0n) is 7.61. The van der Waals surface area contributed by atoms with Crippen molar-refractivity contribution in [2.45, 2.75) is 6.92 Å². The normalized spacial score (nSPS) is 10.4. The lowest BCUT2D eigenvalue weighted by Gasteiger charge is -2.06. The monoisotopic (exact) mass is 252 g/mol. The van der Waals surface area contributed by atoms with Crippen LogP contribution < -0.4 is 5.73 Å². The zero-order chi connectivity index (χ0) is 10.1. The number of aryl methyl sites for hydroxylation is 1. The quantitative estimate of drug-likeness (QED) is 0.844. The van der Waals surface area contributed by atoms with E-state index < -0.39 is 0 Å². The number of hydrogen-bond donors (Lipinski definition) is 1. The minimum atomic E-state index is 0.399. The Bertz CT molecular complexity index is 464. The fraction of sp³-hybridized carbons (Fsp3) is 0.111. The van der Waals surface area contributed by atoms with Crippen molar-refractivity contribution in [1.82, 2.24) is 14.8 Å². The Morgan fingerprint density at radius 2 is 2.21 bits per heavy atom.